The van der Waals surface area contributed by atoms with Gasteiger partial charge in [0.15, 0.2) is 11.6 Å². The van der Waals surface area contributed by atoms with E-state index in [0.29, 0.717) is 23.1 Å². The van der Waals surface area contributed by atoms with Crippen molar-refractivity contribution >= 4 is 29.2 Å². The molecule has 2 saturated heterocycles. The second-order valence-electron chi connectivity index (χ2n) is 8.67. The number of likely N-dealkylation sites (tertiary alicyclic amines) is 2. The minimum absolute atomic E-state index is 0.0226. The van der Waals surface area contributed by atoms with Crippen LogP contribution in [0.3, 0.4) is 0 Å². The van der Waals surface area contributed by atoms with E-state index < -0.39 is 5.82 Å². The molecule has 32 heavy (non-hydrogen) atoms. The molecule has 172 valence electrons. The number of pyridine rings is 1. The van der Waals surface area contributed by atoms with E-state index in [-0.39, 0.29) is 29.4 Å². The smallest absolute Gasteiger partial charge is 0.317 e. The Hall–Kier alpha value is -2.09. The lowest BCUT2D eigenvalue weighted by Crippen LogP contribution is -2.50. The molecular formula is C23H27Cl2FN4O2. The monoisotopic (exact) mass is 480 g/mol. The van der Waals surface area contributed by atoms with E-state index in [9.17, 15) is 9.18 Å². The molecular weight excluding hydrogens is 454 g/mol. The van der Waals surface area contributed by atoms with Crippen LogP contribution < -0.4 is 10.1 Å². The number of rotatable bonds is 5. The van der Waals surface area contributed by atoms with E-state index >= 15 is 0 Å². The Morgan fingerprint density at radius 3 is 2.84 bits per heavy atom. The van der Waals surface area contributed by atoms with Crippen molar-refractivity contribution in [3.05, 3.63) is 57.6 Å². The molecule has 0 aliphatic carbocycles. The molecule has 2 aliphatic rings. The number of carbonyl (C=O) groups is 1. The number of hydrogen-bond acceptors (Lipinski definition) is 4. The van der Waals surface area contributed by atoms with Crippen LogP contribution in [0, 0.1) is 11.2 Å². The van der Waals surface area contributed by atoms with E-state index in [4.69, 9.17) is 27.9 Å². The molecule has 6 nitrogen and oxygen atoms in total. The Morgan fingerprint density at radius 1 is 1.22 bits per heavy atom. The third-order valence-corrected chi connectivity index (χ3v) is 7.15. The van der Waals surface area contributed by atoms with Gasteiger partial charge in [0.05, 0.1) is 29.4 Å². The maximum atomic E-state index is 14.3. The highest BCUT2D eigenvalue weighted by molar-refractivity contribution is 6.42. The van der Waals surface area contributed by atoms with Crippen molar-refractivity contribution in [1.29, 1.82) is 0 Å². The highest BCUT2D eigenvalue weighted by atomic mass is 35.5. The number of halogens is 3. The van der Waals surface area contributed by atoms with E-state index in [1.54, 1.807) is 0 Å². The summed E-state index contributed by atoms with van der Waals surface area (Å²) in [5.41, 5.74) is 1.39. The molecule has 9 heteroatoms. The second kappa shape index (κ2) is 9.81. The van der Waals surface area contributed by atoms with Gasteiger partial charge in [0.25, 0.3) is 0 Å². The molecule has 1 aromatic carbocycles. The van der Waals surface area contributed by atoms with Crippen molar-refractivity contribution < 1.29 is 13.9 Å². The van der Waals surface area contributed by atoms with Crippen LogP contribution in [-0.4, -0.2) is 54.1 Å². The Labute approximate surface area is 197 Å². The molecule has 3 heterocycles. The number of urea groups is 1. The molecule has 1 spiro atoms. The van der Waals surface area contributed by atoms with Gasteiger partial charge < -0.3 is 15.0 Å². The van der Waals surface area contributed by atoms with Gasteiger partial charge in [-0.1, -0.05) is 29.3 Å². The highest BCUT2D eigenvalue weighted by Crippen LogP contribution is 2.39. The zero-order valence-corrected chi connectivity index (χ0v) is 19.6. The lowest BCUT2D eigenvalue weighted by molar-refractivity contribution is 0.107. The van der Waals surface area contributed by atoms with Gasteiger partial charge in [0.2, 0.25) is 0 Å². The van der Waals surface area contributed by atoms with Gasteiger partial charge in [-0.2, -0.15) is 0 Å². The number of piperidine rings is 1. The number of aromatic nitrogens is 1. The summed E-state index contributed by atoms with van der Waals surface area (Å²) in [6.45, 7) is 4.15. The number of ether oxygens (including phenoxy) is 1. The molecule has 0 saturated carbocycles. The van der Waals surface area contributed by atoms with Gasteiger partial charge in [0.1, 0.15) is 0 Å². The summed E-state index contributed by atoms with van der Waals surface area (Å²) in [6, 6.07) is 7.03. The predicted octanol–water partition coefficient (Wildman–Crippen LogP) is 4.73. The average molecular weight is 481 g/mol. The number of nitrogens with one attached hydrogen (secondary N) is 1. The Morgan fingerprint density at radius 2 is 2.06 bits per heavy atom. The summed E-state index contributed by atoms with van der Waals surface area (Å²) >= 11 is 12.2. The van der Waals surface area contributed by atoms with Crippen LogP contribution in [0.4, 0.5) is 9.18 Å². The first kappa shape index (κ1) is 23.1. The molecule has 2 fully saturated rings. The molecule has 1 N–H and O–H groups in total. The van der Waals surface area contributed by atoms with E-state index in [1.165, 1.54) is 19.4 Å². The summed E-state index contributed by atoms with van der Waals surface area (Å²) in [7, 11) is 1.40. The molecule has 1 unspecified atom stereocenters. The summed E-state index contributed by atoms with van der Waals surface area (Å²) in [5, 5.41) is 3.95. The van der Waals surface area contributed by atoms with Crippen LogP contribution in [0.1, 0.15) is 30.5 Å². The van der Waals surface area contributed by atoms with Crippen molar-refractivity contribution in [2.75, 3.05) is 33.3 Å². The average Bonchev–Trinajstić information content (AvgIpc) is 3.16. The molecule has 1 aromatic heterocycles. The first-order chi connectivity index (χ1) is 15.4. The predicted molar refractivity (Wildman–Crippen MR) is 123 cm³/mol. The quantitative estimate of drug-likeness (QED) is 0.671. The van der Waals surface area contributed by atoms with Crippen LogP contribution in [0.5, 0.6) is 5.75 Å². The van der Waals surface area contributed by atoms with Gasteiger partial charge in [-0.05, 0) is 43.5 Å². The largest absolute Gasteiger partial charge is 0.494 e. The lowest BCUT2D eigenvalue weighted by atomic mass is 9.79. The summed E-state index contributed by atoms with van der Waals surface area (Å²) in [5.74, 6) is -0.423. The van der Waals surface area contributed by atoms with Crippen molar-refractivity contribution in [2.45, 2.75) is 32.4 Å². The van der Waals surface area contributed by atoms with Gasteiger partial charge >= 0.3 is 6.03 Å². The van der Waals surface area contributed by atoms with Gasteiger partial charge in [0, 0.05) is 43.9 Å². The summed E-state index contributed by atoms with van der Waals surface area (Å²) in [6.07, 6.45) is 4.57. The maximum absolute atomic E-state index is 14.3. The van der Waals surface area contributed by atoms with E-state index in [0.717, 1.165) is 44.5 Å². The Bertz CT molecular complexity index is 992. The lowest BCUT2D eigenvalue weighted by Gasteiger charge is -2.40. The second-order valence-corrected chi connectivity index (χ2v) is 9.48. The molecule has 4 rings (SSSR count). The molecule has 2 amide bonds. The van der Waals surface area contributed by atoms with Crippen molar-refractivity contribution in [3.8, 4) is 5.75 Å². The standard InChI is InChI=1S/C23H27Cl2FN4O2/c1-32-20-5-8-27-19(21(20)26)12-28-22(31)30-9-2-6-23(15-30)7-10-29(14-23)13-16-3-4-17(24)18(25)11-16/h3-5,8,11H,2,6-7,9-10,12-15H2,1H3,(H,28,31). The van der Waals surface area contributed by atoms with Gasteiger partial charge in [-0.15, -0.1) is 0 Å². The van der Waals surface area contributed by atoms with Crippen LogP contribution in [-0.2, 0) is 13.1 Å². The first-order valence-electron chi connectivity index (χ1n) is 10.8. The molecule has 2 aromatic rings. The number of hydrogen-bond donors (Lipinski definition) is 1. The van der Waals surface area contributed by atoms with Crippen molar-refractivity contribution in [3.63, 3.8) is 0 Å². The summed E-state index contributed by atoms with van der Waals surface area (Å²) < 4.78 is 19.3. The number of amides is 2. The Kier molecular flexibility index (Phi) is 7.08. The molecule has 0 radical (unpaired) electrons. The van der Waals surface area contributed by atoms with E-state index in [1.807, 2.05) is 23.1 Å². The number of nitrogens with zero attached hydrogens (tertiary/aromatic N) is 3. The Balaban J connectivity index is 1.33. The third-order valence-electron chi connectivity index (χ3n) is 6.41. The SMILES string of the molecule is COc1ccnc(CNC(=O)N2CCCC3(CCN(Cc4ccc(Cl)c(Cl)c4)C3)C2)c1F. The maximum Gasteiger partial charge on any atom is 0.317 e. The fourth-order valence-electron chi connectivity index (χ4n) is 4.79. The summed E-state index contributed by atoms with van der Waals surface area (Å²) in [4.78, 5) is 21.1. The number of carbonyl (C=O) groups excluding carboxylic acids is 1. The normalized spacial score (nSPS) is 21.2. The minimum Gasteiger partial charge on any atom is -0.494 e. The first-order valence-corrected chi connectivity index (χ1v) is 11.5. The van der Waals surface area contributed by atoms with Crippen molar-refractivity contribution in [1.82, 2.24) is 20.1 Å². The number of benzene rings is 1. The molecule has 1 atom stereocenters. The van der Waals surface area contributed by atoms with Gasteiger partial charge in [-0.25, -0.2) is 9.18 Å². The van der Waals surface area contributed by atoms with Gasteiger partial charge in [-0.3, -0.25) is 9.88 Å². The fourth-order valence-corrected chi connectivity index (χ4v) is 5.11. The minimum atomic E-state index is -0.542. The van der Waals surface area contributed by atoms with Crippen LogP contribution in [0.25, 0.3) is 0 Å². The highest BCUT2D eigenvalue weighted by Gasteiger charge is 2.42. The van der Waals surface area contributed by atoms with E-state index in [2.05, 4.69) is 15.2 Å². The fraction of sp³-hybridized carbons (Fsp3) is 0.478. The third kappa shape index (κ3) is 5.11. The topological polar surface area (TPSA) is 57.7 Å². The van der Waals surface area contributed by atoms with Crippen LogP contribution in [0.2, 0.25) is 10.0 Å². The van der Waals surface area contributed by atoms with Crippen molar-refractivity contribution in [2.24, 2.45) is 5.41 Å². The molecule has 2 aliphatic heterocycles. The van der Waals surface area contributed by atoms with Crippen LogP contribution in [0.15, 0.2) is 30.5 Å². The molecule has 0 bridgehead atoms. The zero-order valence-electron chi connectivity index (χ0n) is 18.0. The van der Waals surface area contributed by atoms with Crippen LogP contribution >= 0.6 is 23.2 Å². The number of methoxy groups -OCH3 is 1. The zero-order chi connectivity index (χ0) is 22.7.